The van der Waals surface area contributed by atoms with Crippen molar-refractivity contribution in [3.8, 4) is 0 Å². The highest BCUT2D eigenvalue weighted by molar-refractivity contribution is 5.96. The molecule has 1 amide bonds. The standard InChI is InChI=1S/C14H22N2O2/c1-8-9(2)18-10(3)13(8)14(17)16-7-11-4-5-12(15)6-11/h11-12H,4-7,15H2,1-3H3,(H,16,17). The molecule has 0 radical (unpaired) electrons. The monoisotopic (exact) mass is 250 g/mol. The fraction of sp³-hybridized carbons (Fsp3) is 0.643. The van der Waals surface area contributed by atoms with Gasteiger partial charge in [-0.2, -0.15) is 0 Å². The number of nitrogens with two attached hydrogens (primary N) is 1. The van der Waals surface area contributed by atoms with Gasteiger partial charge < -0.3 is 15.5 Å². The molecule has 0 aliphatic heterocycles. The van der Waals surface area contributed by atoms with Gasteiger partial charge in [0.25, 0.3) is 5.91 Å². The lowest BCUT2D eigenvalue weighted by atomic mass is 10.1. The van der Waals surface area contributed by atoms with E-state index in [4.69, 9.17) is 10.2 Å². The summed E-state index contributed by atoms with van der Waals surface area (Å²) in [7, 11) is 0. The number of carbonyl (C=O) groups is 1. The van der Waals surface area contributed by atoms with Crippen molar-refractivity contribution in [3.05, 3.63) is 22.6 Å². The summed E-state index contributed by atoms with van der Waals surface area (Å²) < 4.78 is 5.47. The molecule has 18 heavy (non-hydrogen) atoms. The third-order valence-electron chi connectivity index (χ3n) is 3.92. The second kappa shape index (κ2) is 5.14. The first-order valence-corrected chi connectivity index (χ1v) is 6.59. The molecule has 0 saturated heterocycles. The lowest BCUT2D eigenvalue weighted by molar-refractivity contribution is 0.0945. The van der Waals surface area contributed by atoms with Gasteiger partial charge in [0.15, 0.2) is 0 Å². The van der Waals surface area contributed by atoms with Crippen molar-refractivity contribution in [2.24, 2.45) is 11.7 Å². The fourth-order valence-corrected chi connectivity index (χ4v) is 2.75. The van der Waals surface area contributed by atoms with Crippen LogP contribution in [0.15, 0.2) is 4.42 Å². The topological polar surface area (TPSA) is 68.3 Å². The lowest BCUT2D eigenvalue weighted by Crippen LogP contribution is -2.29. The Balaban J connectivity index is 1.95. The molecule has 1 fully saturated rings. The molecule has 1 heterocycles. The third-order valence-corrected chi connectivity index (χ3v) is 3.92. The molecule has 0 aromatic carbocycles. The predicted molar refractivity (Wildman–Crippen MR) is 70.6 cm³/mol. The van der Waals surface area contributed by atoms with Crippen LogP contribution in [0.3, 0.4) is 0 Å². The van der Waals surface area contributed by atoms with E-state index < -0.39 is 0 Å². The van der Waals surface area contributed by atoms with Crippen LogP contribution in [0.1, 0.15) is 46.7 Å². The first-order valence-electron chi connectivity index (χ1n) is 6.59. The number of carbonyl (C=O) groups excluding carboxylic acids is 1. The van der Waals surface area contributed by atoms with E-state index in [0.29, 0.717) is 23.3 Å². The summed E-state index contributed by atoms with van der Waals surface area (Å²) >= 11 is 0. The highest BCUT2D eigenvalue weighted by atomic mass is 16.3. The van der Waals surface area contributed by atoms with Gasteiger partial charge in [-0.3, -0.25) is 4.79 Å². The Morgan fingerprint density at radius 1 is 1.33 bits per heavy atom. The number of hydrogen-bond donors (Lipinski definition) is 2. The van der Waals surface area contributed by atoms with Gasteiger partial charge in [0.1, 0.15) is 11.5 Å². The second-order valence-corrected chi connectivity index (χ2v) is 5.36. The first-order chi connectivity index (χ1) is 8.49. The number of amides is 1. The molecule has 1 aromatic rings. The van der Waals surface area contributed by atoms with Gasteiger partial charge in [-0.15, -0.1) is 0 Å². The maximum Gasteiger partial charge on any atom is 0.255 e. The van der Waals surface area contributed by atoms with Crippen molar-refractivity contribution in [2.45, 2.75) is 46.1 Å². The van der Waals surface area contributed by atoms with Crippen molar-refractivity contribution < 1.29 is 9.21 Å². The maximum atomic E-state index is 12.1. The van der Waals surface area contributed by atoms with Crippen LogP contribution in [0.25, 0.3) is 0 Å². The molecule has 0 spiro atoms. The van der Waals surface area contributed by atoms with Crippen molar-refractivity contribution in [1.29, 1.82) is 0 Å². The molecule has 1 aliphatic rings. The largest absolute Gasteiger partial charge is 0.466 e. The molecule has 1 aliphatic carbocycles. The van der Waals surface area contributed by atoms with E-state index in [-0.39, 0.29) is 5.91 Å². The number of rotatable bonds is 3. The van der Waals surface area contributed by atoms with Crippen LogP contribution in [-0.4, -0.2) is 18.5 Å². The van der Waals surface area contributed by atoms with E-state index in [0.717, 1.165) is 37.1 Å². The molecule has 3 N–H and O–H groups in total. The Bertz CT molecular complexity index is 451. The van der Waals surface area contributed by atoms with Gasteiger partial charge in [-0.25, -0.2) is 0 Å². The average molecular weight is 250 g/mol. The average Bonchev–Trinajstić information content (AvgIpc) is 2.82. The highest BCUT2D eigenvalue weighted by Crippen LogP contribution is 2.24. The van der Waals surface area contributed by atoms with Gasteiger partial charge >= 0.3 is 0 Å². The van der Waals surface area contributed by atoms with Crippen LogP contribution in [0, 0.1) is 26.7 Å². The van der Waals surface area contributed by atoms with Gasteiger partial charge in [0.05, 0.1) is 5.56 Å². The van der Waals surface area contributed by atoms with Crippen LogP contribution in [0.5, 0.6) is 0 Å². The molecule has 4 heteroatoms. The molecular formula is C14H22N2O2. The highest BCUT2D eigenvalue weighted by Gasteiger charge is 2.23. The van der Waals surface area contributed by atoms with Crippen LogP contribution in [-0.2, 0) is 0 Å². The van der Waals surface area contributed by atoms with Gasteiger partial charge in [0, 0.05) is 18.2 Å². The van der Waals surface area contributed by atoms with Gasteiger partial charge in [-0.1, -0.05) is 0 Å². The van der Waals surface area contributed by atoms with Gasteiger partial charge in [-0.05, 0) is 46.0 Å². The zero-order valence-corrected chi connectivity index (χ0v) is 11.4. The Labute approximate surface area is 108 Å². The van der Waals surface area contributed by atoms with Crippen LogP contribution in [0.4, 0.5) is 0 Å². The summed E-state index contributed by atoms with van der Waals surface area (Å²) in [5, 5.41) is 3.00. The summed E-state index contributed by atoms with van der Waals surface area (Å²) in [6, 6.07) is 0.312. The molecular weight excluding hydrogens is 228 g/mol. The summed E-state index contributed by atoms with van der Waals surface area (Å²) in [5.74, 6) is 2.02. The Morgan fingerprint density at radius 2 is 2.06 bits per heavy atom. The predicted octanol–water partition coefficient (Wildman–Crippen LogP) is 2.06. The molecule has 2 rings (SSSR count). The van der Waals surface area contributed by atoms with Gasteiger partial charge in [0.2, 0.25) is 0 Å². The molecule has 0 bridgehead atoms. The Hall–Kier alpha value is -1.29. The Morgan fingerprint density at radius 3 is 2.56 bits per heavy atom. The van der Waals surface area contributed by atoms with E-state index >= 15 is 0 Å². The quantitative estimate of drug-likeness (QED) is 0.862. The van der Waals surface area contributed by atoms with Crippen molar-refractivity contribution >= 4 is 5.91 Å². The maximum absolute atomic E-state index is 12.1. The van der Waals surface area contributed by atoms with Crippen molar-refractivity contribution in [3.63, 3.8) is 0 Å². The fourth-order valence-electron chi connectivity index (χ4n) is 2.75. The van der Waals surface area contributed by atoms with Crippen LogP contribution in [0.2, 0.25) is 0 Å². The zero-order valence-electron chi connectivity index (χ0n) is 11.4. The Kier molecular flexibility index (Phi) is 3.76. The SMILES string of the molecule is Cc1oc(C)c(C(=O)NCC2CCC(N)C2)c1C. The van der Waals surface area contributed by atoms with Crippen LogP contribution >= 0.6 is 0 Å². The minimum absolute atomic E-state index is 0.0256. The molecule has 4 nitrogen and oxygen atoms in total. The smallest absolute Gasteiger partial charge is 0.255 e. The lowest BCUT2D eigenvalue weighted by Gasteiger charge is -2.11. The summed E-state index contributed by atoms with van der Waals surface area (Å²) in [5.41, 5.74) is 7.49. The van der Waals surface area contributed by atoms with E-state index in [9.17, 15) is 4.79 Å². The van der Waals surface area contributed by atoms with E-state index in [1.54, 1.807) is 0 Å². The van der Waals surface area contributed by atoms with Crippen molar-refractivity contribution in [1.82, 2.24) is 5.32 Å². The number of hydrogen-bond acceptors (Lipinski definition) is 3. The zero-order chi connectivity index (χ0) is 13.3. The summed E-state index contributed by atoms with van der Waals surface area (Å²) in [4.78, 5) is 12.1. The number of nitrogens with one attached hydrogen (secondary N) is 1. The van der Waals surface area contributed by atoms with E-state index in [1.165, 1.54) is 0 Å². The molecule has 2 atom stereocenters. The molecule has 100 valence electrons. The van der Waals surface area contributed by atoms with E-state index in [1.807, 2.05) is 20.8 Å². The first kappa shape index (κ1) is 13.1. The number of aryl methyl sites for hydroxylation is 2. The number of furan rings is 1. The molecule has 1 saturated carbocycles. The normalized spacial score (nSPS) is 23.3. The minimum atomic E-state index is -0.0256. The minimum Gasteiger partial charge on any atom is -0.466 e. The van der Waals surface area contributed by atoms with Crippen LogP contribution < -0.4 is 11.1 Å². The summed E-state index contributed by atoms with van der Waals surface area (Å²) in [6.07, 6.45) is 3.20. The summed E-state index contributed by atoms with van der Waals surface area (Å²) in [6.45, 7) is 6.36. The van der Waals surface area contributed by atoms with Crippen molar-refractivity contribution in [2.75, 3.05) is 6.54 Å². The molecule has 1 aromatic heterocycles. The second-order valence-electron chi connectivity index (χ2n) is 5.36. The molecule has 2 unspecified atom stereocenters. The van der Waals surface area contributed by atoms with E-state index in [2.05, 4.69) is 5.32 Å². The third kappa shape index (κ3) is 2.58.